The molecule has 0 aliphatic carbocycles. The number of nitrogen functional groups attached to an aromatic ring is 1. The zero-order valence-corrected chi connectivity index (χ0v) is 8.64. The van der Waals surface area contributed by atoms with E-state index < -0.39 is 5.82 Å². The summed E-state index contributed by atoms with van der Waals surface area (Å²) in [5.41, 5.74) is 2.87. The molecule has 0 amide bonds. The van der Waals surface area contributed by atoms with Gasteiger partial charge in [-0.1, -0.05) is 11.6 Å². The summed E-state index contributed by atoms with van der Waals surface area (Å²) in [6, 6.07) is 2.49. The van der Waals surface area contributed by atoms with Crippen LogP contribution in [0.1, 0.15) is 5.82 Å². The van der Waals surface area contributed by atoms with Gasteiger partial charge in [0, 0.05) is 5.39 Å². The molecule has 4 nitrogen and oxygen atoms in total. The Bertz CT molecular complexity index is 529. The molecule has 0 aliphatic rings. The highest BCUT2D eigenvalue weighted by Gasteiger charge is 2.09. The molecule has 1 heterocycles. The van der Waals surface area contributed by atoms with Crippen molar-refractivity contribution in [2.45, 2.75) is 6.92 Å². The lowest BCUT2D eigenvalue weighted by atomic mass is 10.2. The van der Waals surface area contributed by atoms with Gasteiger partial charge < -0.3 is 5.43 Å². The number of benzene rings is 1. The number of aryl methyl sites for hydroxylation is 1. The predicted molar refractivity (Wildman–Crippen MR) is 57.1 cm³/mol. The van der Waals surface area contributed by atoms with E-state index in [2.05, 4.69) is 15.4 Å². The molecule has 2 aromatic rings. The van der Waals surface area contributed by atoms with Crippen molar-refractivity contribution in [3.05, 3.63) is 28.8 Å². The van der Waals surface area contributed by atoms with Crippen LogP contribution in [0, 0.1) is 12.7 Å². The van der Waals surface area contributed by atoms with E-state index in [1.165, 1.54) is 12.1 Å². The number of nitrogens with zero attached hydrogens (tertiary/aromatic N) is 2. The normalized spacial score (nSPS) is 10.7. The molecule has 15 heavy (non-hydrogen) atoms. The van der Waals surface area contributed by atoms with Gasteiger partial charge in [0.2, 0.25) is 0 Å². The molecule has 0 spiro atoms. The number of nitrogens with two attached hydrogens (primary N) is 1. The van der Waals surface area contributed by atoms with Gasteiger partial charge in [0.05, 0.1) is 10.5 Å². The second kappa shape index (κ2) is 3.60. The highest BCUT2D eigenvalue weighted by atomic mass is 35.5. The Labute approximate surface area is 90.2 Å². The van der Waals surface area contributed by atoms with Gasteiger partial charge in [-0.15, -0.1) is 0 Å². The number of hydrogen-bond acceptors (Lipinski definition) is 4. The van der Waals surface area contributed by atoms with Crippen LogP contribution in [0.25, 0.3) is 10.9 Å². The van der Waals surface area contributed by atoms with Gasteiger partial charge in [-0.2, -0.15) is 0 Å². The summed E-state index contributed by atoms with van der Waals surface area (Å²) in [7, 11) is 0. The summed E-state index contributed by atoms with van der Waals surface area (Å²) >= 11 is 5.86. The zero-order valence-electron chi connectivity index (χ0n) is 7.88. The van der Waals surface area contributed by atoms with Crippen molar-refractivity contribution in [3.63, 3.8) is 0 Å². The molecule has 1 aromatic heterocycles. The topological polar surface area (TPSA) is 63.8 Å². The number of aromatic nitrogens is 2. The van der Waals surface area contributed by atoms with E-state index in [0.29, 0.717) is 22.5 Å². The van der Waals surface area contributed by atoms with Gasteiger partial charge in [-0.25, -0.2) is 20.2 Å². The van der Waals surface area contributed by atoms with Crippen molar-refractivity contribution in [2.75, 3.05) is 5.43 Å². The smallest absolute Gasteiger partial charge is 0.151 e. The van der Waals surface area contributed by atoms with E-state index in [4.69, 9.17) is 17.4 Å². The van der Waals surface area contributed by atoms with Gasteiger partial charge >= 0.3 is 0 Å². The summed E-state index contributed by atoms with van der Waals surface area (Å²) < 4.78 is 13.1. The van der Waals surface area contributed by atoms with Gasteiger partial charge in [0.15, 0.2) is 5.82 Å². The van der Waals surface area contributed by atoms with Crippen LogP contribution in [-0.2, 0) is 0 Å². The van der Waals surface area contributed by atoms with Gasteiger partial charge in [0.25, 0.3) is 0 Å². The molecule has 0 saturated carbocycles. The van der Waals surface area contributed by atoms with Crippen molar-refractivity contribution >= 4 is 28.3 Å². The van der Waals surface area contributed by atoms with E-state index in [1.54, 1.807) is 6.92 Å². The van der Waals surface area contributed by atoms with E-state index in [9.17, 15) is 4.39 Å². The van der Waals surface area contributed by atoms with Crippen LogP contribution < -0.4 is 11.3 Å². The van der Waals surface area contributed by atoms with Crippen molar-refractivity contribution in [1.29, 1.82) is 0 Å². The minimum Gasteiger partial charge on any atom is -0.308 e. The Balaban J connectivity index is 2.89. The quantitative estimate of drug-likeness (QED) is 0.577. The van der Waals surface area contributed by atoms with Crippen molar-refractivity contribution in [2.24, 2.45) is 5.84 Å². The standard InChI is InChI=1S/C9H8ClFN4/c1-4-13-8-6(9(14-4)15-12)2-5(11)3-7(8)10/h2-3H,12H2,1H3,(H,13,14,15). The van der Waals surface area contributed by atoms with Crippen molar-refractivity contribution in [1.82, 2.24) is 9.97 Å². The van der Waals surface area contributed by atoms with Crippen LogP contribution in [0.4, 0.5) is 10.2 Å². The number of rotatable bonds is 1. The molecule has 0 unspecified atom stereocenters. The van der Waals surface area contributed by atoms with Gasteiger partial charge in [-0.3, -0.25) is 0 Å². The Hall–Kier alpha value is -1.46. The Morgan fingerprint density at radius 2 is 2.13 bits per heavy atom. The largest absolute Gasteiger partial charge is 0.308 e. The third-order valence-corrected chi connectivity index (χ3v) is 2.26. The van der Waals surface area contributed by atoms with Crippen molar-refractivity contribution in [3.8, 4) is 0 Å². The number of halogens is 2. The molecule has 0 saturated heterocycles. The summed E-state index contributed by atoms with van der Waals surface area (Å²) in [5.74, 6) is 5.71. The minimum absolute atomic E-state index is 0.243. The molecular weight excluding hydrogens is 219 g/mol. The maximum absolute atomic E-state index is 13.1. The SMILES string of the molecule is Cc1nc(NN)c2cc(F)cc(Cl)c2n1. The molecule has 0 radical (unpaired) electrons. The van der Waals surface area contributed by atoms with Crippen LogP contribution in [0.5, 0.6) is 0 Å². The predicted octanol–water partition coefficient (Wildman–Crippen LogP) is 2.02. The lowest BCUT2D eigenvalue weighted by Gasteiger charge is -2.06. The molecule has 2 rings (SSSR count). The fraction of sp³-hybridized carbons (Fsp3) is 0.111. The Morgan fingerprint density at radius 3 is 2.80 bits per heavy atom. The van der Waals surface area contributed by atoms with Gasteiger partial charge in [0.1, 0.15) is 11.6 Å². The van der Waals surface area contributed by atoms with E-state index in [0.717, 1.165) is 0 Å². The second-order valence-electron chi connectivity index (χ2n) is 3.05. The molecule has 0 fully saturated rings. The summed E-state index contributed by atoms with van der Waals surface area (Å²) in [4.78, 5) is 8.15. The fourth-order valence-corrected chi connectivity index (χ4v) is 1.63. The molecule has 0 atom stereocenters. The maximum atomic E-state index is 13.1. The third-order valence-electron chi connectivity index (χ3n) is 1.97. The van der Waals surface area contributed by atoms with Crippen LogP contribution >= 0.6 is 11.6 Å². The first-order valence-corrected chi connectivity index (χ1v) is 4.59. The number of hydrazine groups is 1. The number of hydrogen-bond donors (Lipinski definition) is 2. The average Bonchev–Trinajstić information content (AvgIpc) is 2.18. The van der Waals surface area contributed by atoms with Crippen molar-refractivity contribution < 1.29 is 4.39 Å². The minimum atomic E-state index is -0.448. The van der Waals surface area contributed by atoms with Crippen LogP contribution in [-0.4, -0.2) is 9.97 Å². The van der Waals surface area contributed by atoms with E-state index in [1.807, 2.05) is 0 Å². The highest BCUT2D eigenvalue weighted by Crippen LogP contribution is 2.27. The highest BCUT2D eigenvalue weighted by molar-refractivity contribution is 6.35. The van der Waals surface area contributed by atoms with E-state index in [-0.39, 0.29) is 5.02 Å². The molecule has 1 aromatic carbocycles. The summed E-state index contributed by atoms with van der Waals surface area (Å²) in [5, 5.41) is 0.708. The summed E-state index contributed by atoms with van der Waals surface area (Å²) in [6.07, 6.45) is 0. The average molecular weight is 227 g/mol. The lowest BCUT2D eigenvalue weighted by Crippen LogP contribution is -2.10. The molecule has 6 heteroatoms. The third kappa shape index (κ3) is 1.71. The number of nitrogens with one attached hydrogen (secondary N) is 1. The Kier molecular flexibility index (Phi) is 2.42. The molecule has 3 N–H and O–H groups in total. The monoisotopic (exact) mass is 226 g/mol. The number of fused-ring (bicyclic) bond motifs is 1. The molecule has 0 aliphatic heterocycles. The molecule has 0 bridgehead atoms. The first-order chi connectivity index (χ1) is 7.11. The van der Waals surface area contributed by atoms with E-state index >= 15 is 0 Å². The first kappa shape index (κ1) is 10.1. The summed E-state index contributed by atoms with van der Waals surface area (Å²) in [6.45, 7) is 1.71. The Morgan fingerprint density at radius 1 is 1.40 bits per heavy atom. The fourth-order valence-electron chi connectivity index (χ4n) is 1.38. The number of anilines is 1. The first-order valence-electron chi connectivity index (χ1n) is 4.22. The van der Waals surface area contributed by atoms with Crippen LogP contribution in [0.2, 0.25) is 5.02 Å². The second-order valence-corrected chi connectivity index (χ2v) is 3.45. The van der Waals surface area contributed by atoms with Crippen LogP contribution in [0.3, 0.4) is 0 Å². The molecule has 78 valence electrons. The maximum Gasteiger partial charge on any atom is 0.151 e. The molecular formula is C9H8ClFN4. The van der Waals surface area contributed by atoms with Gasteiger partial charge in [-0.05, 0) is 19.1 Å². The lowest BCUT2D eigenvalue weighted by molar-refractivity contribution is 0.629. The van der Waals surface area contributed by atoms with Crippen LogP contribution in [0.15, 0.2) is 12.1 Å². The zero-order chi connectivity index (χ0) is 11.0.